The van der Waals surface area contributed by atoms with Gasteiger partial charge in [-0.25, -0.2) is 13.2 Å². The maximum absolute atomic E-state index is 14.9. The van der Waals surface area contributed by atoms with Gasteiger partial charge in [0, 0.05) is 11.8 Å². The maximum Gasteiger partial charge on any atom is 0.573 e. The maximum atomic E-state index is 14.9. The zero-order chi connectivity index (χ0) is 27.7. The second kappa shape index (κ2) is 9.91. The van der Waals surface area contributed by atoms with Crippen molar-refractivity contribution in [3.8, 4) is 17.2 Å². The number of nitrogens with two attached hydrogens (primary N) is 1. The summed E-state index contributed by atoms with van der Waals surface area (Å²) in [6.07, 6.45) is -10.4. The molecule has 0 aliphatic heterocycles. The van der Waals surface area contributed by atoms with E-state index in [1.54, 1.807) is 0 Å². The van der Waals surface area contributed by atoms with Crippen molar-refractivity contribution in [2.45, 2.75) is 12.5 Å². The number of nitrogens with one attached hydrogen (secondary N) is 1. The van der Waals surface area contributed by atoms with Gasteiger partial charge in [0.1, 0.15) is 22.9 Å². The molecule has 6 nitrogen and oxygen atoms in total. The van der Waals surface area contributed by atoms with Crippen molar-refractivity contribution in [1.29, 1.82) is 0 Å². The van der Waals surface area contributed by atoms with Gasteiger partial charge in [0.2, 0.25) is 0 Å². The smallest absolute Gasteiger partial charge is 0.453 e. The molecule has 0 spiro atoms. The zero-order valence-electron chi connectivity index (χ0n) is 17.7. The SMILES string of the molecule is NC(=O)c1cc(NC(=O)c2c(Oc3ccc(OC(F)(F)F)cc3F)ccc(C(F)(F)F)c2F)ccc1F. The van der Waals surface area contributed by atoms with Crippen LogP contribution in [0.5, 0.6) is 17.2 Å². The van der Waals surface area contributed by atoms with Crippen LogP contribution >= 0.6 is 0 Å². The van der Waals surface area contributed by atoms with Gasteiger partial charge in [-0.2, -0.15) is 13.2 Å². The van der Waals surface area contributed by atoms with Crippen LogP contribution < -0.4 is 20.5 Å². The number of amides is 2. The molecule has 3 rings (SSSR count). The molecule has 0 atom stereocenters. The summed E-state index contributed by atoms with van der Waals surface area (Å²) in [7, 11) is 0. The normalized spacial score (nSPS) is 11.7. The van der Waals surface area contributed by atoms with Crippen molar-refractivity contribution in [2.75, 3.05) is 5.32 Å². The Kier molecular flexibility index (Phi) is 7.27. The fraction of sp³-hybridized carbons (Fsp3) is 0.0909. The van der Waals surface area contributed by atoms with E-state index in [-0.39, 0.29) is 17.8 Å². The van der Waals surface area contributed by atoms with Crippen LogP contribution in [0.2, 0.25) is 0 Å². The molecular formula is C22H11F9N2O4. The second-order valence-corrected chi connectivity index (χ2v) is 7.05. The van der Waals surface area contributed by atoms with Crippen LogP contribution in [0.15, 0.2) is 48.5 Å². The molecule has 196 valence electrons. The molecule has 0 fully saturated rings. The van der Waals surface area contributed by atoms with Crippen LogP contribution in [-0.2, 0) is 6.18 Å². The van der Waals surface area contributed by atoms with Gasteiger partial charge in [0.05, 0.1) is 11.1 Å². The third-order valence-corrected chi connectivity index (χ3v) is 4.48. The number of hydrogen-bond donors (Lipinski definition) is 2. The van der Waals surface area contributed by atoms with E-state index in [0.717, 1.165) is 12.1 Å². The number of anilines is 1. The van der Waals surface area contributed by atoms with Gasteiger partial charge in [0.25, 0.3) is 11.8 Å². The number of carbonyl (C=O) groups excluding carboxylic acids is 2. The predicted octanol–water partition coefficient (Wildman–Crippen LogP) is 6.16. The number of carbonyl (C=O) groups is 2. The summed E-state index contributed by atoms with van der Waals surface area (Å²) in [4.78, 5) is 24.0. The van der Waals surface area contributed by atoms with Gasteiger partial charge in [-0.15, -0.1) is 13.2 Å². The van der Waals surface area contributed by atoms with Crippen molar-refractivity contribution in [3.05, 3.63) is 82.7 Å². The lowest BCUT2D eigenvalue weighted by Gasteiger charge is -2.17. The highest BCUT2D eigenvalue weighted by Gasteiger charge is 2.38. The van der Waals surface area contributed by atoms with Gasteiger partial charge in [0.15, 0.2) is 17.4 Å². The Morgan fingerprint density at radius 2 is 1.46 bits per heavy atom. The second-order valence-electron chi connectivity index (χ2n) is 7.05. The van der Waals surface area contributed by atoms with Crippen molar-refractivity contribution >= 4 is 17.5 Å². The Morgan fingerprint density at radius 3 is 2.03 bits per heavy atom. The lowest BCUT2D eigenvalue weighted by molar-refractivity contribution is -0.274. The molecule has 0 radical (unpaired) electrons. The summed E-state index contributed by atoms with van der Waals surface area (Å²) < 4.78 is 128. The van der Waals surface area contributed by atoms with Crippen molar-refractivity contribution in [2.24, 2.45) is 5.73 Å². The minimum atomic E-state index is -5.28. The van der Waals surface area contributed by atoms with Crippen LogP contribution in [0.4, 0.5) is 45.2 Å². The van der Waals surface area contributed by atoms with E-state index in [0.29, 0.717) is 24.3 Å². The van der Waals surface area contributed by atoms with Crippen LogP contribution in [0, 0.1) is 17.5 Å². The van der Waals surface area contributed by atoms with E-state index >= 15 is 0 Å². The number of hydrogen-bond acceptors (Lipinski definition) is 4. The summed E-state index contributed by atoms with van der Waals surface area (Å²) >= 11 is 0. The highest BCUT2D eigenvalue weighted by Crippen LogP contribution is 2.38. The van der Waals surface area contributed by atoms with E-state index < -0.39 is 75.7 Å². The molecule has 0 aliphatic rings. The monoisotopic (exact) mass is 538 g/mol. The zero-order valence-corrected chi connectivity index (χ0v) is 17.7. The fourth-order valence-electron chi connectivity index (χ4n) is 2.94. The minimum absolute atomic E-state index is 0.184. The standard InChI is InChI=1S/C22H11F9N2O4/c23-13-4-1-9(7-11(13)19(32)34)33-20(35)17-16(6-3-12(18(17)25)21(26,27)28)36-15-5-2-10(8-14(15)24)37-22(29,30)31/h1-8H,(H2,32,34)(H,33,35). The molecule has 0 unspecified atom stereocenters. The molecular weight excluding hydrogens is 527 g/mol. The third-order valence-electron chi connectivity index (χ3n) is 4.48. The molecule has 15 heteroatoms. The summed E-state index contributed by atoms with van der Waals surface area (Å²) in [6, 6.07) is 4.36. The van der Waals surface area contributed by atoms with Crippen LogP contribution in [0.25, 0.3) is 0 Å². The predicted molar refractivity (Wildman–Crippen MR) is 107 cm³/mol. The Bertz CT molecular complexity index is 1370. The van der Waals surface area contributed by atoms with E-state index in [1.807, 2.05) is 5.32 Å². The fourth-order valence-corrected chi connectivity index (χ4v) is 2.94. The Balaban J connectivity index is 2.04. The Morgan fingerprint density at radius 1 is 0.811 bits per heavy atom. The summed E-state index contributed by atoms with van der Waals surface area (Å²) in [6.45, 7) is 0. The Hall–Kier alpha value is -4.43. The van der Waals surface area contributed by atoms with Gasteiger partial charge in [-0.1, -0.05) is 0 Å². The lowest BCUT2D eigenvalue weighted by Crippen LogP contribution is -2.20. The number of primary amides is 1. The van der Waals surface area contributed by atoms with Crippen molar-refractivity contribution < 1.29 is 58.6 Å². The van der Waals surface area contributed by atoms with Gasteiger partial charge in [-0.3, -0.25) is 9.59 Å². The lowest BCUT2D eigenvalue weighted by atomic mass is 10.1. The van der Waals surface area contributed by atoms with Crippen molar-refractivity contribution in [1.82, 2.24) is 0 Å². The van der Waals surface area contributed by atoms with E-state index in [4.69, 9.17) is 10.5 Å². The number of halogens is 9. The molecule has 37 heavy (non-hydrogen) atoms. The van der Waals surface area contributed by atoms with E-state index in [9.17, 15) is 49.1 Å². The largest absolute Gasteiger partial charge is 0.573 e. The average molecular weight is 538 g/mol. The first-order valence-corrected chi connectivity index (χ1v) is 9.60. The first-order chi connectivity index (χ1) is 17.1. The van der Waals surface area contributed by atoms with Gasteiger partial charge < -0.3 is 20.5 Å². The van der Waals surface area contributed by atoms with Gasteiger partial charge >= 0.3 is 12.5 Å². The molecule has 3 aromatic carbocycles. The minimum Gasteiger partial charge on any atom is -0.453 e. The molecule has 0 saturated heterocycles. The number of benzene rings is 3. The first-order valence-electron chi connectivity index (χ1n) is 9.60. The Labute approximate surface area is 200 Å². The highest BCUT2D eigenvalue weighted by molar-refractivity contribution is 6.07. The highest BCUT2D eigenvalue weighted by atomic mass is 19.4. The van der Waals surface area contributed by atoms with Crippen LogP contribution in [-0.4, -0.2) is 18.2 Å². The van der Waals surface area contributed by atoms with Crippen LogP contribution in [0.1, 0.15) is 26.3 Å². The molecule has 3 N–H and O–H groups in total. The number of rotatable bonds is 6. The molecule has 0 saturated carbocycles. The average Bonchev–Trinajstić information content (AvgIpc) is 2.74. The molecule has 0 aromatic heterocycles. The molecule has 3 aromatic rings. The quantitative estimate of drug-likeness (QED) is 0.368. The molecule has 2 amide bonds. The summed E-state index contributed by atoms with van der Waals surface area (Å²) in [5, 5.41) is 1.94. The summed E-state index contributed by atoms with van der Waals surface area (Å²) in [5.41, 5.74) is 0.590. The molecule has 0 heterocycles. The van der Waals surface area contributed by atoms with Crippen molar-refractivity contribution in [3.63, 3.8) is 0 Å². The van der Waals surface area contributed by atoms with E-state index in [1.165, 1.54) is 0 Å². The number of alkyl halides is 6. The molecule has 0 bridgehead atoms. The van der Waals surface area contributed by atoms with Gasteiger partial charge in [-0.05, 0) is 42.5 Å². The van der Waals surface area contributed by atoms with Crippen LogP contribution in [0.3, 0.4) is 0 Å². The first kappa shape index (κ1) is 27.2. The van der Waals surface area contributed by atoms with E-state index in [2.05, 4.69) is 4.74 Å². The topological polar surface area (TPSA) is 90.7 Å². The third kappa shape index (κ3) is 6.42. The summed E-state index contributed by atoms with van der Waals surface area (Å²) in [5.74, 6) is -10.5. The molecule has 0 aliphatic carbocycles. The number of ether oxygens (including phenoxy) is 2.